The molecule has 0 atom stereocenters. The number of ether oxygens (including phenoxy) is 1. The molecule has 17 heavy (non-hydrogen) atoms. The number of nitrogens with zero attached hydrogens (tertiary/aromatic N) is 3. The summed E-state index contributed by atoms with van der Waals surface area (Å²) in [4.78, 5) is 13.8. The van der Waals surface area contributed by atoms with E-state index in [9.17, 15) is 4.79 Å². The Kier molecular flexibility index (Phi) is 3.87. The lowest BCUT2D eigenvalue weighted by atomic mass is 10.3. The van der Waals surface area contributed by atoms with Gasteiger partial charge in [-0.2, -0.15) is 0 Å². The van der Waals surface area contributed by atoms with Crippen LogP contribution in [0.15, 0.2) is 12.1 Å². The minimum Gasteiger partial charge on any atom is -0.477 e. The van der Waals surface area contributed by atoms with Crippen molar-refractivity contribution >= 4 is 5.91 Å². The molecule has 1 aliphatic rings. The third-order valence-electron chi connectivity index (χ3n) is 2.56. The number of carbonyl (C=O) groups excluding carboxylic acids is 1. The van der Waals surface area contributed by atoms with Crippen LogP contribution in [0.25, 0.3) is 0 Å². The van der Waals surface area contributed by atoms with Gasteiger partial charge in [-0.1, -0.05) is 0 Å². The molecule has 0 aliphatic carbocycles. The monoisotopic (exact) mass is 236 g/mol. The van der Waals surface area contributed by atoms with Gasteiger partial charge in [-0.25, -0.2) is 0 Å². The molecule has 1 aliphatic heterocycles. The standard InChI is InChI=1S/C11H16N4O2/c1-2-17-10-4-3-9(13-14-10)11(16)15-7-5-12-6-8-15/h3-4,12H,2,5-8H2,1H3. The molecular weight excluding hydrogens is 220 g/mol. The molecule has 2 rings (SSSR count). The lowest BCUT2D eigenvalue weighted by Gasteiger charge is -2.26. The summed E-state index contributed by atoms with van der Waals surface area (Å²) < 4.78 is 5.18. The summed E-state index contributed by atoms with van der Waals surface area (Å²) in [7, 11) is 0. The average Bonchev–Trinajstić information content (AvgIpc) is 2.40. The zero-order valence-corrected chi connectivity index (χ0v) is 9.85. The van der Waals surface area contributed by atoms with Crippen molar-refractivity contribution < 1.29 is 9.53 Å². The first-order valence-electron chi connectivity index (χ1n) is 5.78. The van der Waals surface area contributed by atoms with Crippen molar-refractivity contribution in [2.45, 2.75) is 6.92 Å². The van der Waals surface area contributed by atoms with E-state index in [1.165, 1.54) is 0 Å². The average molecular weight is 236 g/mol. The van der Waals surface area contributed by atoms with Crippen LogP contribution < -0.4 is 10.1 Å². The SMILES string of the molecule is CCOc1ccc(C(=O)N2CCNCC2)nn1. The number of hydrogen-bond donors (Lipinski definition) is 1. The number of carbonyl (C=O) groups is 1. The smallest absolute Gasteiger partial charge is 0.274 e. The Hall–Kier alpha value is -1.69. The van der Waals surface area contributed by atoms with Crippen molar-refractivity contribution in [2.24, 2.45) is 0 Å². The van der Waals surface area contributed by atoms with E-state index in [1.807, 2.05) is 6.92 Å². The summed E-state index contributed by atoms with van der Waals surface area (Å²) >= 11 is 0. The van der Waals surface area contributed by atoms with Gasteiger partial charge in [0, 0.05) is 32.2 Å². The zero-order chi connectivity index (χ0) is 12.1. The van der Waals surface area contributed by atoms with Crippen molar-refractivity contribution in [3.05, 3.63) is 17.8 Å². The second-order valence-corrected chi connectivity index (χ2v) is 3.73. The van der Waals surface area contributed by atoms with Crippen molar-refractivity contribution in [1.29, 1.82) is 0 Å². The normalized spacial score (nSPS) is 15.7. The number of piperazine rings is 1. The van der Waals surface area contributed by atoms with Gasteiger partial charge in [-0.15, -0.1) is 10.2 Å². The van der Waals surface area contributed by atoms with Crippen molar-refractivity contribution in [2.75, 3.05) is 32.8 Å². The van der Waals surface area contributed by atoms with E-state index in [0.29, 0.717) is 31.3 Å². The van der Waals surface area contributed by atoms with Gasteiger partial charge in [0.2, 0.25) is 5.88 Å². The molecule has 6 nitrogen and oxygen atoms in total. The van der Waals surface area contributed by atoms with E-state index < -0.39 is 0 Å². The summed E-state index contributed by atoms with van der Waals surface area (Å²) in [5.41, 5.74) is 0.371. The molecule has 0 bridgehead atoms. The van der Waals surface area contributed by atoms with E-state index in [0.717, 1.165) is 13.1 Å². The van der Waals surface area contributed by atoms with Crippen LogP contribution in [-0.2, 0) is 0 Å². The third-order valence-corrected chi connectivity index (χ3v) is 2.56. The van der Waals surface area contributed by atoms with Gasteiger partial charge >= 0.3 is 0 Å². The fraction of sp³-hybridized carbons (Fsp3) is 0.545. The molecule has 1 aromatic rings. The third kappa shape index (κ3) is 2.91. The fourth-order valence-corrected chi connectivity index (χ4v) is 1.69. The Balaban J connectivity index is 2.03. The van der Waals surface area contributed by atoms with E-state index in [2.05, 4.69) is 15.5 Å². The van der Waals surface area contributed by atoms with Crippen molar-refractivity contribution in [1.82, 2.24) is 20.4 Å². The summed E-state index contributed by atoms with van der Waals surface area (Å²) in [5, 5.41) is 10.9. The summed E-state index contributed by atoms with van der Waals surface area (Å²) in [6.45, 7) is 5.51. The first kappa shape index (κ1) is 11.8. The molecule has 1 amide bonds. The van der Waals surface area contributed by atoms with Gasteiger partial charge in [0.25, 0.3) is 5.91 Å². The molecule has 0 aromatic carbocycles. The fourth-order valence-electron chi connectivity index (χ4n) is 1.69. The second-order valence-electron chi connectivity index (χ2n) is 3.73. The highest BCUT2D eigenvalue weighted by Crippen LogP contribution is 2.07. The van der Waals surface area contributed by atoms with Crippen LogP contribution in [-0.4, -0.2) is 53.8 Å². The van der Waals surface area contributed by atoms with E-state index in [1.54, 1.807) is 17.0 Å². The van der Waals surface area contributed by atoms with Gasteiger partial charge in [-0.05, 0) is 13.0 Å². The first-order valence-corrected chi connectivity index (χ1v) is 5.78. The number of amides is 1. The van der Waals surface area contributed by atoms with Crippen molar-refractivity contribution in [3.8, 4) is 5.88 Å². The van der Waals surface area contributed by atoms with Gasteiger partial charge in [0.1, 0.15) is 0 Å². The Labute approximate surface area is 100.0 Å². The van der Waals surface area contributed by atoms with Crippen LogP contribution in [0.5, 0.6) is 5.88 Å². The van der Waals surface area contributed by atoms with Crippen LogP contribution >= 0.6 is 0 Å². The molecule has 92 valence electrons. The quantitative estimate of drug-likeness (QED) is 0.795. The number of aromatic nitrogens is 2. The molecule has 2 heterocycles. The lowest BCUT2D eigenvalue weighted by Crippen LogP contribution is -2.46. The maximum atomic E-state index is 12.0. The second kappa shape index (κ2) is 5.58. The van der Waals surface area contributed by atoms with Gasteiger partial charge < -0.3 is 15.0 Å². The highest BCUT2D eigenvalue weighted by atomic mass is 16.5. The highest BCUT2D eigenvalue weighted by Gasteiger charge is 2.19. The van der Waals surface area contributed by atoms with E-state index in [4.69, 9.17) is 4.74 Å². The Morgan fingerprint density at radius 1 is 1.41 bits per heavy atom. The molecule has 6 heteroatoms. The molecule has 1 saturated heterocycles. The maximum Gasteiger partial charge on any atom is 0.274 e. The van der Waals surface area contributed by atoms with Gasteiger partial charge in [0.15, 0.2) is 5.69 Å². The zero-order valence-electron chi connectivity index (χ0n) is 9.85. The predicted molar refractivity (Wildman–Crippen MR) is 62.0 cm³/mol. The first-order chi connectivity index (χ1) is 8.31. The molecule has 1 fully saturated rings. The van der Waals surface area contributed by atoms with E-state index >= 15 is 0 Å². The molecule has 1 aromatic heterocycles. The minimum absolute atomic E-state index is 0.0675. The number of rotatable bonds is 3. The van der Waals surface area contributed by atoms with Crippen LogP contribution in [0, 0.1) is 0 Å². The molecule has 0 saturated carbocycles. The van der Waals surface area contributed by atoms with Crippen LogP contribution in [0.1, 0.15) is 17.4 Å². The van der Waals surface area contributed by atoms with Crippen LogP contribution in [0.3, 0.4) is 0 Å². The summed E-state index contributed by atoms with van der Waals surface area (Å²) in [5.74, 6) is 0.381. The summed E-state index contributed by atoms with van der Waals surface area (Å²) in [6.07, 6.45) is 0. The Morgan fingerprint density at radius 3 is 2.76 bits per heavy atom. The molecule has 0 radical (unpaired) electrons. The summed E-state index contributed by atoms with van der Waals surface area (Å²) in [6, 6.07) is 3.33. The van der Waals surface area contributed by atoms with E-state index in [-0.39, 0.29) is 5.91 Å². The molecular formula is C11H16N4O2. The largest absolute Gasteiger partial charge is 0.477 e. The highest BCUT2D eigenvalue weighted by molar-refractivity contribution is 5.92. The van der Waals surface area contributed by atoms with Gasteiger partial charge in [-0.3, -0.25) is 4.79 Å². The Morgan fingerprint density at radius 2 is 2.18 bits per heavy atom. The molecule has 0 unspecified atom stereocenters. The predicted octanol–water partition coefficient (Wildman–Crippen LogP) is -0.0793. The number of hydrogen-bond acceptors (Lipinski definition) is 5. The molecule has 0 spiro atoms. The van der Waals surface area contributed by atoms with Crippen LogP contribution in [0.2, 0.25) is 0 Å². The molecule has 1 N–H and O–H groups in total. The lowest BCUT2D eigenvalue weighted by molar-refractivity contribution is 0.0728. The van der Waals surface area contributed by atoms with Crippen LogP contribution in [0.4, 0.5) is 0 Å². The Bertz CT molecular complexity index is 374. The topological polar surface area (TPSA) is 67.3 Å². The van der Waals surface area contributed by atoms with Crippen molar-refractivity contribution in [3.63, 3.8) is 0 Å². The number of nitrogens with one attached hydrogen (secondary N) is 1. The van der Waals surface area contributed by atoms with Gasteiger partial charge in [0.05, 0.1) is 6.61 Å². The maximum absolute atomic E-state index is 12.0. The minimum atomic E-state index is -0.0675.